The van der Waals surface area contributed by atoms with Gasteiger partial charge in [-0.05, 0) is 12.8 Å². The predicted octanol–water partition coefficient (Wildman–Crippen LogP) is 15.4. The Hall–Kier alpha value is -0.650. The van der Waals surface area contributed by atoms with Crippen LogP contribution in [0, 0.1) is 0 Å². The summed E-state index contributed by atoms with van der Waals surface area (Å²) in [5, 5.41) is 33.5. The zero-order valence-corrected chi connectivity index (χ0v) is 38.3. The largest absolute Gasteiger partial charge is 0.394 e. The number of unbranched alkanes of at least 4 members (excludes halogenated alkanes) is 39. The van der Waals surface area contributed by atoms with Gasteiger partial charge in [-0.25, -0.2) is 0 Å². The standard InChI is InChI=1S/C51H103NO4/c1-3-5-7-9-11-13-15-17-19-21-22-23-24-25-26-27-28-29-31-33-35-37-39-41-43-45-50(55)49(47-53)52-51(56)46-48(54)44-42-40-38-36-34-32-30-20-18-16-14-12-10-8-6-4-2/h48-50,53-55H,3-47H2,1-2H3,(H,52,56). The van der Waals surface area contributed by atoms with Crippen LogP contribution < -0.4 is 5.32 Å². The van der Waals surface area contributed by atoms with Crippen molar-refractivity contribution >= 4 is 5.91 Å². The maximum absolute atomic E-state index is 12.5. The lowest BCUT2D eigenvalue weighted by Gasteiger charge is -2.23. The van der Waals surface area contributed by atoms with Crippen molar-refractivity contribution in [3.8, 4) is 0 Å². The fourth-order valence-corrected chi connectivity index (χ4v) is 8.47. The van der Waals surface area contributed by atoms with Gasteiger partial charge >= 0.3 is 0 Å². The molecule has 0 bridgehead atoms. The minimum Gasteiger partial charge on any atom is -0.394 e. The van der Waals surface area contributed by atoms with Crippen LogP contribution in [-0.2, 0) is 4.79 Å². The SMILES string of the molecule is CCCCCCCCCCCCCCCCCCCCCCCCCCCC(O)C(CO)NC(=O)CC(O)CCCCCCCCCCCCCCCCCC. The van der Waals surface area contributed by atoms with Crippen LogP contribution in [0.15, 0.2) is 0 Å². The van der Waals surface area contributed by atoms with Gasteiger partial charge in [0, 0.05) is 0 Å². The average molecular weight is 794 g/mol. The number of hydrogen-bond acceptors (Lipinski definition) is 4. The molecule has 0 aromatic carbocycles. The van der Waals surface area contributed by atoms with Gasteiger partial charge in [0.1, 0.15) is 0 Å². The van der Waals surface area contributed by atoms with Gasteiger partial charge < -0.3 is 20.6 Å². The Morgan fingerprint density at radius 1 is 0.375 bits per heavy atom. The quantitative estimate of drug-likeness (QED) is 0.0462. The molecule has 5 nitrogen and oxygen atoms in total. The molecule has 336 valence electrons. The molecular formula is C51H103NO4. The maximum Gasteiger partial charge on any atom is 0.222 e. The van der Waals surface area contributed by atoms with E-state index in [2.05, 4.69) is 19.2 Å². The lowest BCUT2D eigenvalue weighted by molar-refractivity contribution is -0.125. The van der Waals surface area contributed by atoms with Crippen LogP contribution in [0.5, 0.6) is 0 Å². The number of carbonyl (C=O) groups is 1. The fourth-order valence-electron chi connectivity index (χ4n) is 8.47. The van der Waals surface area contributed by atoms with Gasteiger partial charge in [0.2, 0.25) is 5.91 Å². The van der Waals surface area contributed by atoms with Crippen LogP contribution in [0.1, 0.15) is 296 Å². The normalized spacial score (nSPS) is 13.3. The number of amides is 1. The van der Waals surface area contributed by atoms with E-state index in [0.717, 1.165) is 25.7 Å². The van der Waals surface area contributed by atoms with Gasteiger partial charge in [-0.1, -0.05) is 277 Å². The highest BCUT2D eigenvalue weighted by atomic mass is 16.3. The molecule has 3 atom stereocenters. The number of carbonyl (C=O) groups excluding carboxylic acids is 1. The van der Waals surface area contributed by atoms with Gasteiger partial charge in [0.05, 0.1) is 31.3 Å². The van der Waals surface area contributed by atoms with Crippen LogP contribution in [0.3, 0.4) is 0 Å². The molecular weight excluding hydrogens is 691 g/mol. The topological polar surface area (TPSA) is 89.8 Å². The van der Waals surface area contributed by atoms with Crippen molar-refractivity contribution in [2.45, 2.75) is 315 Å². The predicted molar refractivity (Wildman–Crippen MR) is 246 cm³/mol. The minimum absolute atomic E-state index is 0.0431. The summed E-state index contributed by atoms with van der Waals surface area (Å²) in [7, 11) is 0. The van der Waals surface area contributed by atoms with Crippen LogP contribution >= 0.6 is 0 Å². The lowest BCUT2D eigenvalue weighted by Crippen LogP contribution is -2.46. The van der Waals surface area contributed by atoms with Crippen molar-refractivity contribution in [1.29, 1.82) is 0 Å². The van der Waals surface area contributed by atoms with E-state index < -0.39 is 18.2 Å². The van der Waals surface area contributed by atoms with Crippen molar-refractivity contribution in [2.75, 3.05) is 6.61 Å². The van der Waals surface area contributed by atoms with Gasteiger partial charge in [-0.15, -0.1) is 0 Å². The summed E-state index contributed by atoms with van der Waals surface area (Å²) < 4.78 is 0. The fraction of sp³-hybridized carbons (Fsp3) is 0.980. The number of rotatable bonds is 48. The van der Waals surface area contributed by atoms with Gasteiger partial charge in [-0.3, -0.25) is 4.79 Å². The van der Waals surface area contributed by atoms with Crippen molar-refractivity contribution in [2.24, 2.45) is 0 Å². The van der Waals surface area contributed by atoms with Crippen molar-refractivity contribution in [1.82, 2.24) is 5.32 Å². The number of aliphatic hydroxyl groups excluding tert-OH is 3. The lowest BCUT2D eigenvalue weighted by atomic mass is 10.0. The Labute approximate surface area is 351 Å². The smallest absolute Gasteiger partial charge is 0.222 e. The molecule has 0 fully saturated rings. The molecule has 0 heterocycles. The Morgan fingerprint density at radius 2 is 0.607 bits per heavy atom. The summed E-state index contributed by atoms with van der Waals surface area (Å²) in [5.74, 6) is -0.276. The minimum atomic E-state index is -0.744. The molecule has 0 saturated heterocycles. The first kappa shape index (κ1) is 55.4. The van der Waals surface area contributed by atoms with E-state index in [1.54, 1.807) is 0 Å². The van der Waals surface area contributed by atoms with Crippen LogP contribution in [-0.4, -0.2) is 46.1 Å². The highest BCUT2D eigenvalue weighted by Crippen LogP contribution is 2.18. The van der Waals surface area contributed by atoms with E-state index in [4.69, 9.17) is 0 Å². The average Bonchev–Trinajstić information content (AvgIpc) is 3.19. The molecule has 0 aliphatic heterocycles. The first-order valence-corrected chi connectivity index (χ1v) is 25.8. The van der Waals surface area contributed by atoms with E-state index in [9.17, 15) is 20.1 Å². The second kappa shape index (κ2) is 47.0. The van der Waals surface area contributed by atoms with Crippen LogP contribution in [0.4, 0.5) is 0 Å². The number of nitrogens with one attached hydrogen (secondary N) is 1. The monoisotopic (exact) mass is 794 g/mol. The molecule has 4 N–H and O–H groups in total. The van der Waals surface area contributed by atoms with Gasteiger partial charge in [0.15, 0.2) is 0 Å². The molecule has 0 aliphatic rings. The summed E-state index contributed by atoms with van der Waals surface area (Å²) in [6.07, 6.45) is 55.3. The van der Waals surface area contributed by atoms with E-state index in [-0.39, 0.29) is 18.9 Å². The second-order valence-electron chi connectivity index (χ2n) is 18.1. The Morgan fingerprint density at radius 3 is 0.857 bits per heavy atom. The molecule has 1 amide bonds. The van der Waals surface area contributed by atoms with Crippen molar-refractivity contribution < 1.29 is 20.1 Å². The molecule has 0 spiro atoms. The summed E-state index contributed by atoms with van der Waals surface area (Å²) >= 11 is 0. The molecule has 56 heavy (non-hydrogen) atoms. The van der Waals surface area contributed by atoms with Crippen molar-refractivity contribution in [3.05, 3.63) is 0 Å². The zero-order valence-electron chi connectivity index (χ0n) is 38.3. The molecule has 0 aliphatic carbocycles. The van der Waals surface area contributed by atoms with E-state index in [1.165, 1.54) is 238 Å². The summed E-state index contributed by atoms with van der Waals surface area (Å²) in [6, 6.07) is -0.653. The van der Waals surface area contributed by atoms with Crippen LogP contribution in [0.25, 0.3) is 0 Å². The number of aliphatic hydroxyl groups is 3. The third-order valence-corrected chi connectivity index (χ3v) is 12.4. The number of hydrogen-bond donors (Lipinski definition) is 4. The third kappa shape index (κ3) is 42.9. The van der Waals surface area contributed by atoms with Gasteiger partial charge in [-0.2, -0.15) is 0 Å². The molecule has 0 radical (unpaired) electrons. The highest BCUT2D eigenvalue weighted by molar-refractivity contribution is 5.76. The molecule has 0 aromatic heterocycles. The molecule has 3 unspecified atom stereocenters. The van der Waals surface area contributed by atoms with E-state index in [1.807, 2.05) is 0 Å². The molecule has 0 saturated carbocycles. The molecule has 5 heteroatoms. The summed E-state index contributed by atoms with van der Waals surface area (Å²) in [6.45, 7) is 4.30. The zero-order chi connectivity index (χ0) is 40.8. The van der Waals surface area contributed by atoms with Crippen LogP contribution in [0.2, 0.25) is 0 Å². The first-order chi connectivity index (χ1) is 27.5. The molecule has 0 aromatic rings. The maximum atomic E-state index is 12.5. The first-order valence-electron chi connectivity index (χ1n) is 25.8. The van der Waals surface area contributed by atoms with Gasteiger partial charge in [0.25, 0.3) is 0 Å². The van der Waals surface area contributed by atoms with E-state index in [0.29, 0.717) is 12.8 Å². The second-order valence-corrected chi connectivity index (χ2v) is 18.1. The highest BCUT2D eigenvalue weighted by Gasteiger charge is 2.21. The van der Waals surface area contributed by atoms with Crippen molar-refractivity contribution in [3.63, 3.8) is 0 Å². The summed E-state index contributed by atoms with van der Waals surface area (Å²) in [4.78, 5) is 12.5. The Bertz CT molecular complexity index is 747. The third-order valence-electron chi connectivity index (χ3n) is 12.4. The van der Waals surface area contributed by atoms with E-state index >= 15 is 0 Å². The Balaban J connectivity index is 3.51. The summed E-state index contributed by atoms with van der Waals surface area (Å²) in [5.41, 5.74) is 0. The Kier molecular flexibility index (Phi) is 46.5. The molecule has 0 rings (SSSR count).